The second-order valence-electron chi connectivity index (χ2n) is 4.28. The van der Waals surface area contributed by atoms with Gasteiger partial charge in [0.1, 0.15) is 0 Å². The first kappa shape index (κ1) is 16.3. The summed E-state index contributed by atoms with van der Waals surface area (Å²) in [6, 6.07) is 1.55. The van der Waals surface area contributed by atoms with Crippen LogP contribution in [0, 0.1) is 6.92 Å². The van der Waals surface area contributed by atoms with Gasteiger partial charge < -0.3 is 10.2 Å². The summed E-state index contributed by atoms with van der Waals surface area (Å²) in [6.07, 6.45) is 5.20. The molecule has 2 nitrogen and oxygen atoms in total. The largest absolute Gasteiger partial charge is 2.00 e. The van der Waals surface area contributed by atoms with Gasteiger partial charge in [0.15, 0.2) is 0 Å². The van der Waals surface area contributed by atoms with Gasteiger partial charge in [-0.05, 0) is 37.3 Å². The molecule has 0 unspecified atom stereocenters. The predicted octanol–water partition coefficient (Wildman–Crippen LogP) is 2.43. The molecule has 0 bridgehead atoms. The Labute approximate surface area is 114 Å². The summed E-state index contributed by atoms with van der Waals surface area (Å²) in [7, 11) is 0. The number of rotatable bonds is 5. The topological polar surface area (TPSA) is 46.1 Å². The molecule has 0 radical (unpaired) electrons. The zero-order chi connectivity index (χ0) is 12.1. The van der Waals surface area contributed by atoms with Crippen molar-refractivity contribution in [3.05, 3.63) is 22.8 Å². The first-order valence-electron chi connectivity index (χ1n) is 6.11. The Balaban J connectivity index is 0.00000256. The number of aryl methyl sites for hydroxylation is 1. The quantitative estimate of drug-likeness (QED) is 0.613. The Morgan fingerprint density at radius 2 is 1.76 bits per heavy atom. The fraction of sp³-hybridized carbons (Fsp3) is 0.571. The molecule has 0 saturated heterocycles. The Hall–Kier alpha value is -0.686. The zero-order valence-corrected chi connectivity index (χ0v) is 11.7. The maximum atomic E-state index is 11.5. The molecule has 1 aromatic rings. The minimum atomic E-state index is -0.346. The van der Waals surface area contributed by atoms with Gasteiger partial charge in [0.2, 0.25) is 0 Å². The van der Waals surface area contributed by atoms with E-state index in [0.29, 0.717) is 5.56 Å². The van der Waals surface area contributed by atoms with E-state index in [-0.39, 0.29) is 28.0 Å². The van der Waals surface area contributed by atoms with Crippen molar-refractivity contribution in [3.63, 3.8) is 0 Å². The van der Waals surface area contributed by atoms with Gasteiger partial charge in [-0.15, -0.1) is 11.5 Å². The summed E-state index contributed by atoms with van der Waals surface area (Å²) in [6.45, 7) is 5.97. The molecule has 0 saturated carbocycles. The summed E-state index contributed by atoms with van der Waals surface area (Å²) in [5, 5.41) is 23.0. The van der Waals surface area contributed by atoms with Gasteiger partial charge in [0.25, 0.3) is 0 Å². The van der Waals surface area contributed by atoms with E-state index < -0.39 is 0 Å². The third-order valence-electron chi connectivity index (χ3n) is 3.11. The van der Waals surface area contributed by atoms with Gasteiger partial charge in [0, 0.05) is 0 Å². The number of benzene rings is 1. The van der Waals surface area contributed by atoms with Crippen LogP contribution in [-0.2, 0) is 29.3 Å². The Kier molecular flexibility index (Phi) is 7.30. The smallest absolute Gasteiger partial charge is 0.873 e. The third kappa shape index (κ3) is 3.92. The predicted molar refractivity (Wildman–Crippen MR) is 62.7 cm³/mol. The van der Waals surface area contributed by atoms with Crippen LogP contribution >= 0.6 is 0 Å². The molecule has 0 fully saturated rings. The zero-order valence-electron chi connectivity index (χ0n) is 10.7. The summed E-state index contributed by atoms with van der Waals surface area (Å²) in [4.78, 5) is 0. The van der Waals surface area contributed by atoms with Crippen LogP contribution in [0.3, 0.4) is 0 Å². The van der Waals surface area contributed by atoms with E-state index in [1.807, 2.05) is 6.92 Å². The van der Waals surface area contributed by atoms with Crippen molar-refractivity contribution < 1.29 is 26.7 Å². The molecule has 1 rings (SSSR count). The SMILES string of the molecule is CCCCCc1cc([O-])c([O-])c(C)c1CC.[Ni+2]. The second kappa shape index (κ2) is 7.60. The standard InChI is InChI=1S/C14H22O2.Ni/c1-4-6-7-8-11-9-13(15)14(16)10(3)12(11)5-2;/h9,15-16H,4-8H2,1-3H3;/q;+2/p-2. The molecular weight excluding hydrogens is 259 g/mol. The van der Waals surface area contributed by atoms with Gasteiger partial charge in [-0.2, -0.15) is 0 Å². The number of unbranched alkanes of at least 4 members (excludes halogenated alkanes) is 2. The molecule has 0 amide bonds. The van der Waals surface area contributed by atoms with Crippen LogP contribution in [0.1, 0.15) is 49.8 Å². The Morgan fingerprint density at radius 3 is 2.29 bits per heavy atom. The molecule has 0 atom stereocenters. The van der Waals surface area contributed by atoms with Crippen molar-refractivity contribution in [1.29, 1.82) is 0 Å². The van der Waals surface area contributed by atoms with E-state index in [4.69, 9.17) is 0 Å². The van der Waals surface area contributed by atoms with E-state index in [1.165, 1.54) is 12.8 Å². The average Bonchev–Trinajstić information content (AvgIpc) is 2.27. The van der Waals surface area contributed by atoms with Crippen molar-refractivity contribution in [2.45, 2.75) is 52.9 Å². The van der Waals surface area contributed by atoms with Crippen molar-refractivity contribution in [1.82, 2.24) is 0 Å². The second-order valence-corrected chi connectivity index (χ2v) is 4.28. The fourth-order valence-corrected chi connectivity index (χ4v) is 2.15. The summed E-state index contributed by atoms with van der Waals surface area (Å²) >= 11 is 0. The van der Waals surface area contributed by atoms with Gasteiger partial charge in [-0.25, -0.2) is 0 Å². The van der Waals surface area contributed by atoms with E-state index in [0.717, 1.165) is 30.4 Å². The van der Waals surface area contributed by atoms with Crippen LogP contribution in [0.5, 0.6) is 11.5 Å². The monoisotopic (exact) mass is 278 g/mol. The minimum Gasteiger partial charge on any atom is -0.873 e. The van der Waals surface area contributed by atoms with Gasteiger partial charge >= 0.3 is 16.5 Å². The van der Waals surface area contributed by atoms with Crippen molar-refractivity contribution in [2.24, 2.45) is 0 Å². The maximum absolute atomic E-state index is 11.5. The molecule has 3 heteroatoms. The molecule has 0 aliphatic rings. The van der Waals surface area contributed by atoms with Gasteiger partial charge in [-0.1, -0.05) is 38.3 Å². The number of hydrogen-bond acceptors (Lipinski definition) is 2. The maximum Gasteiger partial charge on any atom is 2.00 e. The van der Waals surface area contributed by atoms with Gasteiger partial charge in [-0.3, -0.25) is 0 Å². The van der Waals surface area contributed by atoms with Crippen molar-refractivity contribution in [3.8, 4) is 11.5 Å². The van der Waals surface area contributed by atoms with E-state index in [9.17, 15) is 10.2 Å². The van der Waals surface area contributed by atoms with E-state index in [2.05, 4.69) is 6.92 Å². The molecule has 0 heterocycles. The van der Waals surface area contributed by atoms with Crippen LogP contribution in [0.25, 0.3) is 0 Å². The molecule has 1 aromatic carbocycles. The van der Waals surface area contributed by atoms with Crippen LogP contribution in [-0.4, -0.2) is 0 Å². The summed E-state index contributed by atoms with van der Waals surface area (Å²) in [5.74, 6) is -0.669. The Morgan fingerprint density at radius 1 is 1.12 bits per heavy atom. The summed E-state index contributed by atoms with van der Waals surface area (Å²) < 4.78 is 0. The minimum absolute atomic E-state index is 0. The van der Waals surface area contributed by atoms with Gasteiger partial charge in [0.05, 0.1) is 0 Å². The van der Waals surface area contributed by atoms with Crippen LogP contribution in [0.2, 0.25) is 0 Å². The molecule has 0 spiro atoms. The third-order valence-corrected chi connectivity index (χ3v) is 3.11. The normalized spacial score (nSPS) is 10.1. The molecule has 0 aliphatic carbocycles. The molecule has 98 valence electrons. The molecule has 0 N–H and O–H groups in total. The fourth-order valence-electron chi connectivity index (χ4n) is 2.15. The Bertz CT molecular complexity index is 362. The van der Waals surface area contributed by atoms with Crippen molar-refractivity contribution in [2.75, 3.05) is 0 Å². The summed E-state index contributed by atoms with van der Waals surface area (Å²) in [5.41, 5.74) is 2.82. The molecule has 17 heavy (non-hydrogen) atoms. The van der Waals surface area contributed by atoms with Crippen LogP contribution in [0.15, 0.2) is 6.07 Å². The molecule has 0 aromatic heterocycles. The van der Waals surface area contributed by atoms with Crippen LogP contribution in [0.4, 0.5) is 0 Å². The van der Waals surface area contributed by atoms with E-state index >= 15 is 0 Å². The van der Waals surface area contributed by atoms with Crippen molar-refractivity contribution >= 4 is 0 Å². The molecule has 0 aliphatic heterocycles. The molecular formula is C14H20NiO2. The van der Waals surface area contributed by atoms with E-state index in [1.54, 1.807) is 13.0 Å². The first-order chi connectivity index (χ1) is 7.61. The van der Waals surface area contributed by atoms with Crippen LogP contribution < -0.4 is 10.2 Å². The number of hydrogen-bond donors (Lipinski definition) is 0. The first-order valence-corrected chi connectivity index (χ1v) is 6.11. The average molecular weight is 279 g/mol.